The monoisotopic (exact) mass is 188 g/mol. The van der Waals surface area contributed by atoms with Crippen molar-refractivity contribution in [2.45, 2.75) is 6.92 Å². The molecule has 0 saturated carbocycles. The van der Waals surface area contributed by atoms with Crippen molar-refractivity contribution in [1.29, 1.82) is 0 Å². The molecule has 1 aliphatic heterocycles. The normalized spacial score (nSPS) is 17.6. The molecule has 0 atom stereocenters. The van der Waals surface area contributed by atoms with Gasteiger partial charge in [0.05, 0.1) is 0 Å². The van der Waals surface area contributed by atoms with Crippen LogP contribution in [-0.4, -0.2) is 63.2 Å². The largest absolute Gasteiger partial charge is 0.388 e. The molecule has 4 nitrogen and oxygen atoms in total. The molecule has 0 spiro atoms. The minimum Gasteiger partial charge on any atom is -0.388 e. The Morgan fingerprint density at radius 3 is 2.00 bits per heavy atom. The topological polar surface area (TPSA) is 32.8 Å². The third kappa shape index (κ3) is 5.60. The molecule has 1 fully saturated rings. The lowest BCUT2D eigenvalue weighted by Crippen LogP contribution is -2.45. The number of likely N-dealkylation sites (N-methyl/N-ethyl adjacent to an activating group) is 1. The van der Waals surface area contributed by atoms with Crippen molar-refractivity contribution in [3.05, 3.63) is 0 Å². The number of piperazine rings is 1. The summed E-state index contributed by atoms with van der Waals surface area (Å²) in [6.45, 7) is 7.13. The lowest BCUT2D eigenvalue weighted by Gasteiger charge is -2.31. The van der Waals surface area contributed by atoms with Crippen molar-refractivity contribution in [3.63, 3.8) is 0 Å². The zero-order valence-electron chi connectivity index (χ0n) is 8.82. The molecule has 0 aliphatic carbocycles. The summed E-state index contributed by atoms with van der Waals surface area (Å²) in [7, 11) is 3.25. The van der Waals surface area contributed by atoms with Gasteiger partial charge in [0.25, 0.3) is 0 Å². The zero-order chi connectivity index (χ0) is 10.1. The van der Waals surface area contributed by atoms with Crippen molar-refractivity contribution in [3.8, 4) is 0 Å². The summed E-state index contributed by atoms with van der Waals surface area (Å²) in [6.07, 6.45) is 0.938. The highest BCUT2D eigenvalue weighted by molar-refractivity contribution is 5.47. The third-order valence-electron chi connectivity index (χ3n) is 2.00. The fourth-order valence-corrected chi connectivity index (χ4v) is 1.18. The summed E-state index contributed by atoms with van der Waals surface area (Å²) in [5.41, 5.74) is 0. The van der Waals surface area contributed by atoms with Gasteiger partial charge in [0.2, 0.25) is 6.41 Å². The summed E-state index contributed by atoms with van der Waals surface area (Å²) in [5, 5.41) is 0. The highest BCUT2D eigenvalue weighted by atomic mass is 16.4. The predicted molar refractivity (Wildman–Crippen MR) is 52.7 cm³/mol. The minimum absolute atomic E-state index is 0.900. The molecule has 78 valence electrons. The zero-order valence-corrected chi connectivity index (χ0v) is 8.82. The maximum atomic E-state index is 10.3. The maximum absolute atomic E-state index is 10.3. The molecule has 0 radical (unpaired) electrons. The average Bonchev–Trinajstić information content (AvgIpc) is 2.19. The molecule has 1 rings (SSSR count). The van der Waals surface area contributed by atoms with E-state index in [4.69, 9.17) is 0 Å². The van der Waals surface area contributed by atoms with Crippen LogP contribution in [0.1, 0.15) is 6.92 Å². The summed E-state index contributed by atoms with van der Waals surface area (Å²) < 4.78 is 4.25. The third-order valence-corrected chi connectivity index (χ3v) is 2.00. The van der Waals surface area contributed by atoms with Gasteiger partial charge in [0, 0.05) is 40.4 Å². The number of amides is 1. The van der Waals surface area contributed by atoms with E-state index in [1.807, 2.05) is 4.90 Å². The fourth-order valence-electron chi connectivity index (χ4n) is 1.18. The Balaban J connectivity index is 0.000000424. The smallest absolute Gasteiger partial charge is 0.209 e. The van der Waals surface area contributed by atoms with E-state index in [2.05, 4.69) is 16.6 Å². The number of methoxy groups -OCH3 is 1. The SMILES string of the molecule is CCN1CCN(C=O)CC1.COC. The van der Waals surface area contributed by atoms with E-state index in [0.717, 1.165) is 39.1 Å². The van der Waals surface area contributed by atoms with Crippen LogP contribution in [0.2, 0.25) is 0 Å². The summed E-state index contributed by atoms with van der Waals surface area (Å²) in [6, 6.07) is 0. The van der Waals surface area contributed by atoms with E-state index in [0.29, 0.717) is 0 Å². The Morgan fingerprint density at radius 1 is 1.23 bits per heavy atom. The Kier molecular flexibility index (Phi) is 7.63. The fraction of sp³-hybridized carbons (Fsp3) is 0.889. The number of carbonyl (C=O) groups is 1. The average molecular weight is 188 g/mol. The van der Waals surface area contributed by atoms with Crippen LogP contribution in [0, 0.1) is 0 Å². The van der Waals surface area contributed by atoms with Gasteiger partial charge in [-0.15, -0.1) is 0 Å². The molecular formula is C9H20N2O2. The number of carbonyl (C=O) groups excluding carboxylic acids is 1. The van der Waals surface area contributed by atoms with Gasteiger partial charge in [0.1, 0.15) is 0 Å². The van der Waals surface area contributed by atoms with Crippen molar-refractivity contribution in [2.75, 3.05) is 46.9 Å². The summed E-state index contributed by atoms with van der Waals surface area (Å²) in [5.74, 6) is 0. The van der Waals surface area contributed by atoms with Crippen LogP contribution in [0.5, 0.6) is 0 Å². The molecule has 0 aromatic heterocycles. The molecular weight excluding hydrogens is 168 g/mol. The van der Waals surface area contributed by atoms with Gasteiger partial charge in [-0.1, -0.05) is 6.92 Å². The summed E-state index contributed by atoms with van der Waals surface area (Å²) >= 11 is 0. The second kappa shape index (κ2) is 8.01. The lowest BCUT2D eigenvalue weighted by molar-refractivity contribution is -0.119. The molecule has 0 unspecified atom stereocenters. The first kappa shape index (κ1) is 12.4. The molecule has 1 heterocycles. The molecule has 0 aromatic carbocycles. The number of nitrogens with zero attached hydrogens (tertiary/aromatic N) is 2. The first-order valence-electron chi connectivity index (χ1n) is 4.60. The Hall–Kier alpha value is -0.610. The highest BCUT2D eigenvalue weighted by Crippen LogP contribution is 1.97. The number of hydrogen-bond acceptors (Lipinski definition) is 3. The van der Waals surface area contributed by atoms with Gasteiger partial charge < -0.3 is 14.5 Å². The van der Waals surface area contributed by atoms with Crippen LogP contribution < -0.4 is 0 Å². The molecule has 1 saturated heterocycles. The van der Waals surface area contributed by atoms with Gasteiger partial charge in [-0.05, 0) is 6.54 Å². The second-order valence-electron chi connectivity index (χ2n) is 2.98. The van der Waals surface area contributed by atoms with Crippen LogP contribution in [0.4, 0.5) is 0 Å². The van der Waals surface area contributed by atoms with Gasteiger partial charge in [0.15, 0.2) is 0 Å². The van der Waals surface area contributed by atoms with Crippen LogP contribution >= 0.6 is 0 Å². The van der Waals surface area contributed by atoms with E-state index in [-0.39, 0.29) is 0 Å². The van der Waals surface area contributed by atoms with Crippen molar-refractivity contribution in [2.24, 2.45) is 0 Å². The predicted octanol–water partition coefficient (Wildman–Crippen LogP) is 0.0429. The van der Waals surface area contributed by atoms with Crippen LogP contribution in [0.3, 0.4) is 0 Å². The van der Waals surface area contributed by atoms with Gasteiger partial charge >= 0.3 is 0 Å². The first-order chi connectivity index (χ1) is 6.28. The first-order valence-corrected chi connectivity index (χ1v) is 4.60. The minimum atomic E-state index is 0.900. The van der Waals surface area contributed by atoms with Crippen LogP contribution in [0.15, 0.2) is 0 Å². The highest BCUT2D eigenvalue weighted by Gasteiger charge is 2.12. The standard InChI is InChI=1S/C7H14N2O.C2H6O/c1-2-8-3-5-9(7-10)6-4-8;1-3-2/h7H,2-6H2,1H3;1-2H3. The summed E-state index contributed by atoms with van der Waals surface area (Å²) in [4.78, 5) is 14.4. The van der Waals surface area contributed by atoms with Crippen LogP contribution in [-0.2, 0) is 9.53 Å². The molecule has 1 amide bonds. The van der Waals surface area contributed by atoms with Gasteiger partial charge in [-0.3, -0.25) is 4.79 Å². The van der Waals surface area contributed by atoms with E-state index >= 15 is 0 Å². The van der Waals surface area contributed by atoms with E-state index in [1.165, 1.54) is 0 Å². The van der Waals surface area contributed by atoms with E-state index < -0.39 is 0 Å². The lowest BCUT2D eigenvalue weighted by atomic mass is 10.3. The quantitative estimate of drug-likeness (QED) is 0.574. The van der Waals surface area contributed by atoms with Gasteiger partial charge in [-0.2, -0.15) is 0 Å². The number of ether oxygens (including phenoxy) is 1. The molecule has 4 heteroatoms. The maximum Gasteiger partial charge on any atom is 0.209 e. The Morgan fingerprint density at radius 2 is 1.69 bits per heavy atom. The van der Waals surface area contributed by atoms with Crippen LogP contribution in [0.25, 0.3) is 0 Å². The van der Waals surface area contributed by atoms with Crippen molar-refractivity contribution < 1.29 is 9.53 Å². The second-order valence-corrected chi connectivity index (χ2v) is 2.98. The Bertz CT molecular complexity index is 123. The molecule has 0 aromatic rings. The van der Waals surface area contributed by atoms with Crippen molar-refractivity contribution >= 4 is 6.41 Å². The van der Waals surface area contributed by atoms with Crippen molar-refractivity contribution in [1.82, 2.24) is 9.80 Å². The molecule has 0 bridgehead atoms. The molecule has 13 heavy (non-hydrogen) atoms. The van der Waals surface area contributed by atoms with E-state index in [1.54, 1.807) is 14.2 Å². The number of hydrogen-bond donors (Lipinski definition) is 0. The number of rotatable bonds is 2. The Labute approximate surface area is 80.5 Å². The van der Waals surface area contributed by atoms with E-state index in [9.17, 15) is 4.79 Å². The molecule has 0 N–H and O–H groups in total. The molecule has 1 aliphatic rings. The van der Waals surface area contributed by atoms with Gasteiger partial charge in [-0.25, -0.2) is 0 Å².